The summed E-state index contributed by atoms with van der Waals surface area (Å²) in [6, 6.07) is 8.53. The maximum absolute atomic E-state index is 11.2. The number of rotatable bonds is 4. The van der Waals surface area contributed by atoms with Crippen molar-refractivity contribution in [3.63, 3.8) is 0 Å². The van der Waals surface area contributed by atoms with Gasteiger partial charge in [0.05, 0.1) is 6.54 Å². The molecular weight excluding hydrogens is 194 g/mol. The maximum Gasteiger partial charge on any atom is 0.381 e. The predicted octanol–water partition coefficient (Wildman–Crippen LogP) is 0.723. The van der Waals surface area contributed by atoms with Crippen LogP contribution in [0.1, 0.15) is 0 Å². The fourth-order valence-corrected chi connectivity index (χ4v) is 1.00. The lowest BCUT2D eigenvalue weighted by Gasteiger charge is -2.07. The minimum atomic E-state index is -0.824. The molecule has 4 nitrogen and oxygen atoms in total. The largest absolute Gasteiger partial charge is 0.421 e. The second-order valence-electron chi connectivity index (χ2n) is 3.36. The van der Waals surface area contributed by atoms with E-state index in [0.29, 0.717) is 5.75 Å². The van der Waals surface area contributed by atoms with Crippen LogP contribution in [0.4, 0.5) is 0 Å². The van der Waals surface area contributed by atoms with Crippen LogP contribution in [0, 0.1) is 0 Å². The highest BCUT2D eigenvalue weighted by Gasteiger charge is 2.16. The van der Waals surface area contributed by atoms with Gasteiger partial charge >= 0.3 is 5.97 Å². The van der Waals surface area contributed by atoms with E-state index in [2.05, 4.69) is 0 Å². The molecule has 0 aliphatic carbocycles. The first kappa shape index (κ1) is 11.4. The molecule has 0 saturated heterocycles. The van der Waals surface area contributed by atoms with Gasteiger partial charge < -0.3 is 9.64 Å². The molecule has 0 heterocycles. The molecule has 0 N–H and O–H groups in total. The number of carbonyl (C=O) groups excluding carboxylic acids is 2. The van der Waals surface area contributed by atoms with Gasteiger partial charge in [-0.25, -0.2) is 4.79 Å². The monoisotopic (exact) mass is 207 g/mol. The van der Waals surface area contributed by atoms with Gasteiger partial charge in [0.1, 0.15) is 5.75 Å². The Morgan fingerprint density at radius 3 is 2.33 bits per heavy atom. The van der Waals surface area contributed by atoms with Gasteiger partial charge in [-0.05, 0) is 26.2 Å². The first-order chi connectivity index (χ1) is 7.09. The van der Waals surface area contributed by atoms with Crippen LogP contribution in [-0.2, 0) is 9.59 Å². The first-order valence-electron chi connectivity index (χ1n) is 4.54. The van der Waals surface area contributed by atoms with E-state index in [0.717, 1.165) is 0 Å². The molecule has 0 bridgehead atoms. The lowest BCUT2D eigenvalue weighted by atomic mass is 10.3. The summed E-state index contributed by atoms with van der Waals surface area (Å²) in [6.45, 7) is 0.0612. The highest BCUT2D eigenvalue weighted by atomic mass is 16.5. The number of ketones is 1. The van der Waals surface area contributed by atoms with E-state index in [-0.39, 0.29) is 6.54 Å². The van der Waals surface area contributed by atoms with Crippen LogP contribution >= 0.6 is 0 Å². The zero-order chi connectivity index (χ0) is 11.3. The Kier molecular flexibility index (Phi) is 4.00. The van der Waals surface area contributed by atoms with Gasteiger partial charge in [0.15, 0.2) is 0 Å². The van der Waals surface area contributed by atoms with E-state index in [1.165, 1.54) is 0 Å². The fourth-order valence-electron chi connectivity index (χ4n) is 1.00. The number of para-hydroxylation sites is 1. The van der Waals surface area contributed by atoms with Gasteiger partial charge in [-0.3, -0.25) is 4.79 Å². The van der Waals surface area contributed by atoms with Crippen molar-refractivity contribution in [2.45, 2.75) is 0 Å². The smallest absolute Gasteiger partial charge is 0.381 e. The fraction of sp³-hybridized carbons (Fsp3) is 0.273. The molecule has 1 aromatic rings. The molecule has 0 fully saturated rings. The van der Waals surface area contributed by atoms with E-state index in [4.69, 9.17) is 4.74 Å². The second kappa shape index (κ2) is 5.26. The van der Waals surface area contributed by atoms with Crippen LogP contribution in [-0.4, -0.2) is 37.3 Å². The Labute approximate surface area is 88.5 Å². The van der Waals surface area contributed by atoms with E-state index < -0.39 is 11.8 Å². The molecular formula is C11H13NO3. The van der Waals surface area contributed by atoms with E-state index in [1.54, 1.807) is 49.3 Å². The van der Waals surface area contributed by atoms with Gasteiger partial charge in [0.2, 0.25) is 0 Å². The minimum Gasteiger partial charge on any atom is -0.421 e. The Bertz CT molecular complexity index is 346. The molecule has 0 radical (unpaired) electrons. The summed E-state index contributed by atoms with van der Waals surface area (Å²) in [5.74, 6) is -0.992. The normalized spacial score (nSPS) is 10.1. The molecule has 4 heteroatoms. The van der Waals surface area contributed by atoms with Crippen molar-refractivity contribution < 1.29 is 14.3 Å². The predicted molar refractivity (Wildman–Crippen MR) is 55.6 cm³/mol. The van der Waals surface area contributed by atoms with Crippen molar-refractivity contribution in [2.24, 2.45) is 0 Å². The number of Topliss-reactive ketones (excluding diaryl/α,β-unsaturated/α-hetero) is 1. The first-order valence-corrected chi connectivity index (χ1v) is 4.54. The van der Waals surface area contributed by atoms with Crippen molar-refractivity contribution >= 4 is 11.8 Å². The summed E-state index contributed by atoms with van der Waals surface area (Å²) >= 11 is 0. The molecule has 80 valence electrons. The third-order valence-corrected chi connectivity index (χ3v) is 1.64. The molecule has 0 spiro atoms. The number of hydrogen-bond donors (Lipinski definition) is 0. The number of carbonyl (C=O) groups is 2. The Hall–Kier alpha value is -1.68. The van der Waals surface area contributed by atoms with Crippen molar-refractivity contribution in [1.82, 2.24) is 4.90 Å². The number of likely N-dealkylation sites (N-methyl/N-ethyl adjacent to an activating group) is 1. The van der Waals surface area contributed by atoms with Crippen molar-refractivity contribution in [3.05, 3.63) is 30.3 Å². The van der Waals surface area contributed by atoms with Gasteiger partial charge in [0.25, 0.3) is 5.78 Å². The summed E-state index contributed by atoms with van der Waals surface area (Å²) in [5, 5.41) is 0. The van der Waals surface area contributed by atoms with Gasteiger partial charge in [-0.1, -0.05) is 18.2 Å². The number of benzene rings is 1. The topological polar surface area (TPSA) is 46.6 Å². The number of nitrogens with zero attached hydrogens (tertiary/aromatic N) is 1. The lowest BCUT2D eigenvalue weighted by Crippen LogP contribution is -2.30. The average molecular weight is 207 g/mol. The van der Waals surface area contributed by atoms with Crippen molar-refractivity contribution in [3.8, 4) is 5.75 Å². The Morgan fingerprint density at radius 1 is 1.20 bits per heavy atom. The Morgan fingerprint density at radius 2 is 1.80 bits per heavy atom. The summed E-state index contributed by atoms with van der Waals surface area (Å²) < 4.78 is 4.86. The summed E-state index contributed by atoms with van der Waals surface area (Å²) in [7, 11) is 3.43. The van der Waals surface area contributed by atoms with Crippen molar-refractivity contribution in [2.75, 3.05) is 20.6 Å². The quantitative estimate of drug-likeness (QED) is 0.414. The molecule has 0 aliphatic rings. The van der Waals surface area contributed by atoms with Crippen LogP contribution in [0.3, 0.4) is 0 Å². The summed E-state index contributed by atoms with van der Waals surface area (Å²) in [4.78, 5) is 24.1. The van der Waals surface area contributed by atoms with Gasteiger partial charge in [-0.15, -0.1) is 0 Å². The molecule has 1 aromatic carbocycles. The van der Waals surface area contributed by atoms with Crippen LogP contribution in [0.2, 0.25) is 0 Å². The minimum absolute atomic E-state index is 0.0612. The molecule has 0 aromatic heterocycles. The number of ether oxygens (including phenoxy) is 1. The molecule has 0 amide bonds. The molecule has 0 aliphatic heterocycles. The van der Waals surface area contributed by atoms with Gasteiger partial charge in [-0.2, -0.15) is 0 Å². The van der Waals surface area contributed by atoms with Crippen LogP contribution < -0.4 is 4.74 Å². The lowest BCUT2D eigenvalue weighted by molar-refractivity contribution is -0.147. The highest BCUT2D eigenvalue weighted by Crippen LogP contribution is 2.08. The molecule has 15 heavy (non-hydrogen) atoms. The molecule has 1 rings (SSSR count). The van der Waals surface area contributed by atoms with E-state index in [9.17, 15) is 9.59 Å². The van der Waals surface area contributed by atoms with E-state index in [1.807, 2.05) is 0 Å². The highest BCUT2D eigenvalue weighted by molar-refractivity contribution is 6.35. The van der Waals surface area contributed by atoms with Crippen LogP contribution in [0.25, 0.3) is 0 Å². The maximum atomic E-state index is 11.2. The number of esters is 1. The summed E-state index contributed by atoms with van der Waals surface area (Å²) in [6.07, 6.45) is 0. The van der Waals surface area contributed by atoms with E-state index >= 15 is 0 Å². The van der Waals surface area contributed by atoms with Crippen LogP contribution in [0.5, 0.6) is 5.75 Å². The van der Waals surface area contributed by atoms with Crippen LogP contribution in [0.15, 0.2) is 30.3 Å². The SMILES string of the molecule is CN(C)CC(=O)C(=O)Oc1ccccc1. The third kappa shape index (κ3) is 3.91. The van der Waals surface area contributed by atoms with Crippen molar-refractivity contribution in [1.29, 1.82) is 0 Å². The third-order valence-electron chi connectivity index (χ3n) is 1.64. The Balaban J connectivity index is 2.53. The average Bonchev–Trinajstić information content (AvgIpc) is 2.18. The van der Waals surface area contributed by atoms with Gasteiger partial charge in [0, 0.05) is 0 Å². The summed E-state index contributed by atoms with van der Waals surface area (Å²) in [5.41, 5.74) is 0. The number of hydrogen-bond acceptors (Lipinski definition) is 4. The molecule has 0 saturated carbocycles. The molecule has 0 unspecified atom stereocenters. The zero-order valence-corrected chi connectivity index (χ0v) is 8.77. The standard InChI is InChI=1S/C11H13NO3/c1-12(2)8-10(13)11(14)15-9-6-4-3-5-7-9/h3-7H,8H2,1-2H3. The molecule has 0 atom stereocenters. The second-order valence-corrected chi connectivity index (χ2v) is 3.36. The zero-order valence-electron chi connectivity index (χ0n) is 8.77.